The summed E-state index contributed by atoms with van der Waals surface area (Å²) >= 11 is 12.4. The Bertz CT molecular complexity index is 1010. The van der Waals surface area contributed by atoms with Crippen molar-refractivity contribution in [3.05, 3.63) is 63.5 Å². The second kappa shape index (κ2) is 8.45. The predicted octanol–water partition coefficient (Wildman–Crippen LogP) is 3.47. The maximum absolute atomic E-state index is 12.4. The lowest BCUT2D eigenvalue weighted by Crippen LogP contribution is -2.12. The third-order valence-corrected chi connectivity index (χ3v) is 4.75. The van der Waals surface area contributed by atoms with Gasteiger partial charge in [-0.3, -0.25) is 19.0 Å². The van der Waals surface area contributed by atoms with E-state index in [1.807, 2.05) is 6.92 Å². The number of rotatable bonds is 7. The van der Waals surface area contributed by atoms with Crippen LogP contribution in [0.2, 0.25) is 10.0 Å². The van der Waals surface area contributed by atoms with Gasteiger partial charge in [-0.2, -0.15) is 10.2 Å². The van der Waals surface area contributed by atoms with E-state index >= 15 is 0 Å². The number of anilines is 1. The smallest absolute Gasteiger partial charge is 0.305 e. The number of aromatic nitrogens is 4. The minimum Gasteiger partial charge on any atom is -0.481 e. The first-order chi connectivity index (χ1) is 13.3. The van der Waals surface area contributed by atoms with Crippen LogP contribution in [-0.2, 0) is 17.9 Å². The molecule has 2 heterocycles. The fourth-order valence-electron chi connectivity index (χ4n) is 2.57. The summed E-state index contributed by atoms with van der Waals surface area (Å²) in [5.74, 6) is -0.938. The lowest BCUT2D eigenvalue weighted by Gasteiger charge is -2.08. The van der Waals surface area contributed by atoms with Gasteiger partial charge in [-0.25, -0.2) is 0 Å². The topological polar surface area (TPSA) is 102 Å². The number of aliphatic carboxylic acids is 1. The number of hydrogen-bond acceptors (Lipinski definition) is 4. The maximum atomic E-state index is 12.4. The molecule has 0 spiro atoms. The van der Waals surface area contributed by atoms with Crippen molar-refractivity contribution in [1.29, 1.82) is 0 Å². The van der Waals surface area contributed by atoms with Crippen LogP contribution in [-0.4, -0.2) is 36.5 Å². The average molecular weight is 422 g/mol. The van der Waals surface area contributed by atoms with Crippen molar-refractivity contribution >= 4 is 40.9 Å². The molecule has 3 aromatic rings. The fourth-order valence-corrected chi connectivity index (χ4v) is 3.08. The quantitative estimate of drug-likeness (QED) is 0.607. The molecule has 0 fully saturated rings. The SMILES string of the molecule is Cc1cc(NC(=O)c2cnn(CCC(=O)O)c2)nn1Cc1c(Cl)cccc1Cl. The first-order valence-corrected chi connectivity index (χ1v) is 9.12. The molecule has 1 aromatic carbocycles. The second-order valence-electron chi connectivity index (χ2n) is 6.12. The molecule has 2 aromatic heterocycles. The van der Waals surface area contributed by atoms with Crippen LogP contribution in [0.15, 0.2) is 36.7 Å². The Labute approximate surface area is 170 Å². The summed E-state index contributed by atoms with van der Waals surface area (Å²) in [4.78, 5) is 23.0. The molecule has 0 unspecified atom stereocenters. The average Bonchev–Trinajstić information content (AvgIpc) is 3.23. The van der Waals surface area contributed by atoms with Crippen LogP contribution in [0.25, 0.3) is 0 Å². The van der Waals surface area contributed by atoms with Crippen LogP contribution >= 0.6 is 23.2 Å². The van der Waals surface area contributed by atoms with E-state index in [-0.39, 0.29) is 18.9 Å². The molecule has 1 amide bonds. The molecular weight excluding hydrogens is 405 g/mol. The monoisotopic (exact) mass is 421 g/mol. The summed E-state index contributed by atoms with van der Waals surface area (Å²) in [5, 5.41) is 20.9. The molecule has 3 rings (SSSR count). The highest BCUT2D eigenvalue weighted by molar-refractivity contribution is 6.35. The Balaban J connectivity index is 1.69. The van der Waals surface area contributed by atoms with Crippen LogP contribution in [0.4, 0.5) is 5.82 Å². The van der Waals surface area contributed by atoms with Crippen LogP contribution in [0.5, 0.6) is 0 Å². The number of nitrogens with one attached hydrogen (secondary N) is 1. The van der Waals surface area contributed by atoms with Crippen molar-refractivity contribution in [3.63, 3.8) is 0 Å². The van der Waals surface area contributed by atoms with Gasteiger partial charge in [-0.15, -0.1) is 0 Å². The highest BCUT2D eigenvalue weighted by Gasteiger charge is 2.14. The summed E-state index contributed by atoms with van der Waals surface area (Å²) in [6, 6.07) is 7.02. The zero-order valence-electron chi connectivity index (χ0n) is 14.9. The molecule has 0 saturated heterocycles. The normalized spacial score (nSPS) is 10.8. The Hall–Kier alpha value is -2.84. The van der Waals surface area contributed by atoms with E-state index in [4.69, 9.17) is 28.3 Å². The van der Waals surface area contributed by atoms with Gasteiger partial charge in [-0.1, -0.05) is 29.3 Å². The fraction of sp³-hybridized carbons (Fsp3) is 0.222. The standard InChI is InChI=1S/C18H17Cl2N5O3/c1-11-7-16(23-25(11)10-13-14(19)3-2-4-15(13)20)22-18(28)12-8-21-24(9-12)6-5-17(26)27/h2-4,7-9H,5-6,10H2,1H3,(H,26,27)(H,22,23,28). The van der Waals surface area contributed by atoms with Crippen molar-refractivity contribution in [2.75, 3.05) is 5.32 Å². The molecule has 8 nitrogen and oxygen atoms in total. The number of aryl methyl sites for hydroxylation is 2. The number of carboxylic acids is 1. The van der Waals surface area contributed by atoms with Gasteiger partial charge in [0, 0.05) is 33.6 Å². The molecule has 0 radical (unpaired) electrons. The molecular formula is C18H17Cl2N5O3. The molecule has 0 bridgehead atoms. The Kier molecular flexibility index (Phi) is 6.01. The molecule has 0 atom stereocenters. The molecule has 2 N–H and O–H groups in total. The first kappa shape index (κ1) is 19.9. The van der Waals surface area contributed by atoms with Crippen LogP contribution in [0, 0.1) is 6.92 Å². The predicted molar refractivity (Wildman–Crippen MR) is 105 cm³/mol. The van der Waals surface area contributed by atoms with Gasteiger partial charge in [0.1, 0.15) is 0 Å². The van der Waals surface area contributed by atoms with Crippen molar-refractivity contribution in [2.24, 2.45) is 0 Å². The third-order valence-electron chi connectivity index (χ3n) is 4.04. The van der Waals surface area contributed by atoms with Gasteiger partial charge in [-0.05, 0) is 19.1 Å². The Morgan fingerprint density at radius 1 is 1.25 bits per heavy atom. The lowest BCUT2D eigenvalue weighted by molar-refractivity contribution is -0.137. The van der Waals surface area contributed by atoms with E-state index in [9.17, 15) is 9.59 Å². The van der Waals surface area contributed by atoms with E-state index in [0.29, 0.717) is 28.0 Å². The molecule has 146 valence electrons. The second-order valence-corrected chi connectivity index (χ2v) is 6.93. The van der Waals surface area contributed by atoms with E-state index in [2.05, 4.69) is 15.5 Å². The number of nitrogens with zero attached hydrogens (tertiary/aromatic N) is 4. The summed E-state index contributed by atoms with van der Waals surface area (Å²) in [7, 11) is 0. The Morgan fingerprint density at radius 3 is 2.64 bits per heavy atom. The molecule has 28 heavy (non-hydrogen) atoms. The van der Waals surface area contributed by atoms with Gasteiger partial charge < -0.3 is 10.4 Å². The molecule has 10 heteroatoms. The zero-order chi connectivity index (χ0) is 20.3. The number of amides is 1. The summed E-state index contributed by atoms with van der Waals surface area (Å²) in [5.41, 5.74) is 1.88. The van der Waals surface area contributed by atoms with Gasteiger partial charge in [0.15, 0.2) is 5.82 Å². The minimum absolute atomic E-state index is 0.0725. The van der Waals surface area contributed by atoms with E-state index in [0.717, 1.165) is 11.3 Å². The van der Waals surface area contributed by atoms with Gasteiger partial charge >= 0.3 is 5.97 Å². The highest BCUT2D eigenvalue weighted by Crippen LogP contribution is 2.25. The maximum Gasteiger partial charge on any atom is 0.305 e. The number of halogens is 2. The lowest BCUT2D eigenvalue weighted by atomic mass is 10.2. The number of carbonyl (C=O) groups excluding carboxylic acids is 1. The summed E-state index contributed by atoms with van der Waals surface area (Å²) < 4.78 is 3.10. The number of hydrogen-bond donors (Lipinski definition) is 2. The van der Waals surface area contributed by atoms with Crippen molar-refractivity contribution in [1.82, 2.24) is 19.6 Å². The van der Waals surface area contributed by atoms with Gasteiger partial charge in [0.2, 0.25) is 0 Å². The van der Waals surface area contributed by atoms with E-state index < -0.39 is 5.97 Å². The number of benzene rings is 1. The molecule has 0 aliphatic carbocycles. The van der Waals surface area contributed by atoms with E-state index in [1.165, 1.54) is 17.1 Å². The largest absolute Gasteiger partial charge is 0.481 e. The van der Waals surface area contributed by atoms with Crippen molar-refractivity contribution in [2.45, 2.75) is 26.4 Å². The van der Waals surface area contributed by atoms with Gasteiger partial charge in [0.05, 0.1) is 31.3 Å². The van der Waals surface area contributed by atoms with Crippen LogP contribution in [0.3, 0.4) is 0 Å². The highest BCUT2D eigenvalue weighted by atomic mass is 35.5. The third kappa shape index (κ3) is 4.71. The molecule has 0 saturated carbocycles. The van der Waals surface area contributed by atoms with Gasteiger partial charge in [0.25, 0.3) is 5.91 Å². The zero-order valence-corrected chi connectivity index (χ0v) is 16.4. The van der Waals surface area contributed by atoms with Crippen molar-refractivity contribution < 1.29 is 14.7 Å². The van der Waals surface area contributed by atoms with Crippen molar-refractivity contribution in [3.8, 4) is 0 Å². The van der Waals surface area contributed by atoms with Crippen LogP contribution < -0.4 is 5.32 Å². The van der Waals surface area contributed by atoms with Crippen LogP contribution in [0.1, 0.15) is 28.0 Å². The summed E-state index contributed by atoms with van der Waals surface area (Å²) in [6.07, 6.45) is 2.80. The van der Waals surface area contributed by atoms with E-state index in [1.54, 1.807) is 28.9 Å². The molecule has 0 aliphatic heterocycles. The molecule has 0 aliphatic rings. The minimum atomic E-state index is -0.930. The first-order valence-electron chi connectivity index (χ1n) is 8.36. The summed E-state index contributed by atoms with van der Waals surface area (Å²) in [6.45, 7) is 2.42. The number of carbonyl (C=O) groups is 2. The Morgan fingerprint density at radius 2 is 1.96 bits per heavy atom. The number of carboxylic acid groups (broad SMARTS) is 1.